The van der Waals surface area contributed by atoms with Crippen molar-refractivity contribution >= 4 is 43.6 Å². The predicted octanol–water partition coefficient (Wildman–Crippen LogP) is 2.60. The molecule has 12 heteroatoms. The number of pyridine rings is 2. The topological polar surface area (TPSA) is 153 Å². The van der Waals surface area contributed by atoms with Crippen molar-refractivity contribution in [1.82, 2.24) is 19.3 Å². The molecule has 0 aliphatic heterocycles. The Kier molecular flexibility index (Phi) is 5.17. The molecular weight excluding hydrogens is 477 g/mol. The first-order valence-electron chi connectivity index (χ1n) is 10.3. The van der Waals surface area contributed by atoms with E-state index >= 15 is 4.39 Å². The molecule has 178 valence electrons. The number of carbonyl (C=O) groups is 1. The fourth-order valence-corrected chi connectivity index (χ4v) is 4.61. The largest absolute Gasteiger partial charge is 0.463 e. The van der Waals surface area contributed by atoms with Crippen LogP contribution in [0.1, 0.15) is 16.1 Å². The van der Waals surface area contributed by atoms with Gasteiger partial charge < -0.3 is 19.7 Å². The number of H-pyrrole nitrogens is 1. The number of furan rings is 1. The minimum atomic E-state index is -3.98. The third-order valence-electron chi connectivity index (χ3n) is 5.48. The molecule has 4 aromatic heterocycles. The number of halogens is 1. The molecule has 4 N–H and O–H groups in total. The van der Waals surface area contributed by atoms with E-state index in [-0.39, 0.29) is 51.1 Å². The SMILES string of the molecule is CS(=O)(=O)NC(=O)c1c(-c2ccc[nH]c2=O)c2c3occc3c(F)cc2n1Cc1ccnc(N)c1. The summed E-state index contributed by atoms with van der Waals surface area (Å²) in [5, 5.41) is 0.426. The van der Waals surface area contributed by atoms with E-state index in [2.05, 4.69) is 9.97 Å². The van der Waals surface area contributed by atoms with Crippen molar-refractivity contribution in [1.29, 1.82) is 0 Å². The first-order valence-corrected chi connectivity index (χ1v) is 12.2. The number of nitrogens with zero attached hydrogens (tertiary/aromatic N) is 2. The van der Waals surface area contributed by atoms with Gasteiger partial charge in [0.2, 0.25) is 10.0 Å². The van der Waals surface area contributed by atoms with Gasteiger partial charge in [0.1, 0.15) is 22.9 Å². The van der Waals surface area contributed by atoms with Gasteiger partial charge in [-0.05, 0) is 42.0 Å². The number of nitrogens with one attached hydrogen (secondary N) is 2. The van der Waals surface area contributed by atoms with Crippen LogP contribution in [0.2, 0.25) is 0 Å². The van der Waals surface area contributed by atoms with Gasteiger partial charge in [-0.1, -0.05) is 0 Å². The first-order chi connectivity index (χ1) is 16.6. The second-order valence-corrected chi connectivity index (χ2v) is 9.68. The molecule has 5 aromatic rings. The molecule has 0 aliphatic rings. The van der Waals surface area contributed by atoms with Crippen molar-refractivity contribution in [2.24, 2.45) is 0 Å². The molecule has 0 aliphatic carbocycles. The van der Waals surface area contributed by atoms with Gasteiger partial charge in [0.15, 0.2) is 0 Å². The molecule has 1 aromatic carbocycles. The predicted molar refractivity (Wildman–Crippen MR) is 128 cm³/mol. The van der Waals surface area contributed by atoms with Crippen molar-refractivity contribution in [2.75, 3.05) is 12.0 Å². The summed E-state index contributed by atoms with van der Waals surface area (Å²) in [6.07, 6.45) is 5.02. The second kappa shape index (κ2) is 8.09. The van der Waals surface area contributed by atoms with Gasteiger partial charge in [0.05, 0.1) is 34.4 Å². The Morgan fingerprint density at radius 1 is 1.29 bits per heavy atom. The average molecular weight is 495 g/mol. The van der Waals surface area contributed by atoms with Crippen molar-refractivity contribution in [3.05, 3.63) is 82.5 Å². The standard InChI is InChI=1S/C23H18FN5O5S/c1-35(32,33)28-23(31)20-18(14-3-2-6-27-22(14)30)19-16(10-15(24)13-5-8-34-21(13)19)29(20)11-12-4-7-26-17(25)9-12/h2-10H,11H2,1H3,(H2,25,26)(H,27,30)(H,28,31). The summed E-state index contributed by atoms with van der Waals surface area (Å²) >= 11 is 0. The summed E-state index contributed by atoms with van der Waals surface area (Å²) in [7, 11) is -3.98. The molecular formula is C23H18FN5O5S. The summed E-state index contributed by atoms with van der Waals surface area (Å²) < 4.78 is 48.0. The number of aromatic amines is 1. The zero-order chi connectivity index (χ0) is 24.9. The highest BCUT2D eigenvalue weighted by atomic mass is 32.2. The fourth-order valence-electron chi connectivity index (χ4n) is 4.18. The molecule has 0 spiro atoms. The lowest BCUT2D eigenvalue weighted by molar-refractivity contribution is 0.0974. The molecule has 1 amide bonds. The highest BCUT2D eigenvalue weighted by Gasteiger charge is 2.30. The van der Waals surface area contributed by atoms with Crippen LogP contribution in [0, 0.1) is 5.82 Å². The molecule has 0 atom stereocenters. The maximum atomic E-state index is 15.1. The number of amides is 1. The van der Waals surface area contributed by atoms with Crippen molar-refractivity contribution in [2.45, 2.75) is 6.54 Å². The number of nitrogens with two attached hydrogens (primary N) is 1. The summed E-state index contributed by atoms with van der Waals surface area (Å²) in [5.74, 6) is -1.39. The maximum Gasteiger partial charge on any atom is 0.282 e. The lowest BCUT2D eigenvalue weighted by Gasteiger charge is -2.12. The Hall–Kier alpha value is -4.45. The number of nitrogen functional groups attached to an aromatic ring is 1. The lowest BCUT2D eigenvalue weighted by atomic mass is 10.0. The Bertz CT molecular complexity index is 1800. The average Bonchev–Trinajstić information content (AvgIpc) is 3.37. The fraction of sp³-hybridized carbons (Fsp3) is 0.0870. The van der Waals surface area contributed by atoms with Crippen molar-refractivity contribution in [3.8, 4) is 11.1 Å². The molecule has 35 heavy (non-hydrogen) atoms. The van der Waals surface area contributed by atoms with Crippen LogP contribution < -0.4 is 16.0 Å². The lowest BCUT2D eigenvalue weighted by Crippen LogP contribution is -2.32. The molecule has 0 unspecified atom stereocenters. The van der Waals surface area contributed by atoms with Gasteiger partial charge in [-0.3, -0.25) is 9.59 Å². The van der Waals surface area contributed by atoms with Gasteiger partial charge in [-0.25, -0.2) is 22.5 Å². The van der Waals surface area contributed by atoms with Crippen LogP contribution in [0.5, 0.6) is 0 Å². The molecule has 4 heterocycles. The van der Waals surface area contributed by atoms with Gasteiger partial charge in [0, 0.05) is 24.5 Å². The van der Waals surface area contributed by atoms with Crippen LogP contribution in [0.25, 0.3) is 33.0 Å². The van der Waals surface area contributed by atoms with Gasteiger partial charge in [-0.15, -0.1) is 0 Å². The van der Waals surface area contributed by atoms with Crippen molar-refractivity contribution < 1.29 is 22.0 Å². The van der Waals surface area contributed by atoms with Crippen LogP contribution in [-0.4, -0.2) is 35.1 Å². The number of aromatic nitrogens is 3. The van der Waals surface area contributed by atoms with E-state index in [1.165, 1.54) is 41.4 Å². The molecule has 0 bridgehead atoms. The molecule has 0 radical (unpaired) electrons. The number of carbonyl (C=O) groups excluding carboxylic acids is 1. The molecule has 0 fully saturated rings. The second-order valence-electron chi connectivity index (χ2n) is 7.93. The quantitative estimate of drug-likeness (QED) is 0.339. The normalized spacial score (nSPS) is 11.8. The highest BCUT2D eigenvalue weighted by molar-refractivity contribution is 7.89. The monoisotopic (exact) mass is 495 g/mol. The van der Waals surface area contributed by atoms with Crippen LogP contribution in [0.15, 0.2) is 64.3 Å². The number of sulfonamides is 1. The number of benzene rings is 1. The third kappa shape index (κ3) is 3.93. The zero-order valence-electron chi connectivity index (χ0n) is 18.2. The van der Waals surface area contributed by atoms with Gasteiger partial charge >= 0.3 is 0 Å². The Morgan fingerprint density at radius 2 is 2.09 bits per heavy atom. The molecule has 0 saturated carbocycles. The van der Waals surface area contributed by atoms with E-state index in [1.54, 1.807) is 18.2 Å². The number of fused-ring (bicyclic) bond motifs is 3. The van der Waals surface area contributed by atoms with E-state index in [1.807, 2.05) is 4.72 Å². The summed E-state index contributed by atoms with van der Waals surface area (Å²) in [6.45, 7) is -0.00781. The van der Waals surface area contributed by atoms with Crippen molar-refractivity contribution in [3.63, 3.8) is 0 Å². The molecule has 5 rings (SSSR count). The zero-order valence-corrected chi connectivity index (χ0v) is 19.0. The van der Waals surface area contributed by atoms with Crippen LogP contribution in [0.4, 0.5) is 10.2 Å². The minimum absolute atomic E-state index is 0.00781. The smallest absolute Gasteiger partial charge is 0.282 e. The van der Waals surface area contributed by atoms with E-state index in [0.717, 1.165) is 6.26 Å². The number of hydrogen-bond acceptors (Lipinski definition) is 7. The maximum absolute atomic E-state index is 15.1. The Balaban J connectivity index is 1.96. The van der Waals surface area contributed by atoms with E-state index in [4.69, 9.17) is 10.2 Å². The molecule has 10 nitrogen and oxygen atoms in total. The van der Waals surface area contributed by atoms with E-state index in [9.17, 15) is 18.0 Å². The van der Waals surface area contributed by atoms with E-state index in [0.29, 0.717) is 5.56 Å². The Labute approximate surface area is 197 Å². The number of rotatable bonds is 5. The minimum Gasteiger partial charge on any atom is -0.463 e. The summed E-state index contributed by atoms with van der Waals surface area (Å²) in [5.41, 5.74) is 6.23. The summed E-state index contributed by atoms with van der Waals surface area (Å²) in [6, 6.07) is 8.91. The van der Waals surface area contributed by atoms with Crippen LogP contribution >= 0.6 is 0 Å². The molecule has 0 saturated heterocycles. The van der Waals surface area contributed by atoms with Crippen LogP contribution in [-0.2, 0) is 16.6 Å². The van der Waals surface area contributed by atoms with Crippen LogP contribution in [0.3, 0.4) is 0 Å². The number of anilines is 1. The number of hydrogen-bond donors (Lipinski definition) is 3. The third-order valence-corrected chi connectivity index (χ3v) is 6.04. The Morgan fingerprint density at radius 3 is 2.80 bits per heavy atom. The summed E-state index contributed by atoms with van der Waals surface area (Å²) in [4.78, 5) is 32.7. The first kappa shape index (κ1) is 22.3. The van der Waals surface area contributed by atoms with E-state index < -0.39 is 27.3 Å². The van der Waals surface area contributed by atoms with Gasteiger partial charge in [0.25, 0.3) is 11.5 Å². The highest BCUT2D eigenvalue weighted by Crippen LogP contribution is 2.40. The van der Waals surface area contributed by atoms with Gasteiger partial charge in [-0.2, -0.15) is 0 Å².